The van der Waals surface area contributed by atoms with E-state index in [4.69, 9.17) is 16.0 Å². The molecule has 0 N–H and O–H groups in total. The topological polar surface area (TPSA) is 56.7 Å². The van der Waals surface area contributed by atoms with Crippen LogP contribution in [0.25, 0.3) is 11.4 Å². The predicted octanol–water partition coefficient (Wildman–Crippen LogP) is 4.54. The van der Waals surface area contributed by atoms with Gasteiger partial charge >= 0.3 is 0 Å². The zero-order valence-electron chi connectivity index (χ0n) is 13.2. The number of oxazole rings is 1. The maximum absolute atomic E-state index is 6.23. The van der Waals surface area contributed by atoms with Crippen molar-refractivity contribution in [2.24, 2.45) is 7.05 Å². The number of hydrogen-bond acceptors (Lipinski definition) is 5. The van der Waals surface area contributed by atoms with E-state index in [1.54, 1.807) is 6.20 Å². The first kappa shape index (κ1) is 16.1. The molecule has 120 valence electrons. The normalized spacial score (nSPS) is 11.3. The lowest BCUT2D eigenvalue weighted by atomic mass is 10.2. The van der Waals surface area contributed by atoms with Gasteiger partial charge in [0.25, 0.3) is 0 Å². The average Bonchev–Trinajstić information content (AvgIpc) is 3.13. The third kappa shape index (κ3) is 3.43. The lowest BCUT2D eigenvalue weighted by molar-refractivity contribution is 0.453. The average molecular weight is 349 g/mol. The summed E-state index contributed by atoms with van der Waals surface area (Å²) in [7, 11) is 1.93. The fourth-order valence-corrected chi connectivity index (χ4v) is 3.09. The fraction of sp³-hybridized carbons (Fsp3) is 0.312. The molecule has 0 aliphatic heterocycles. The second-order valence-electron chi connectivity index (χ2n) is 5.44. The molecule has 3 aromatic rings. The van der Waals surface area contributed by atoms with E-state index >= 15 is 0 Å². The van der Waals surface area contributed by atoms with Crippen molar-refractivity contribution in [3.05, 3.63) is 47.1 Å². The van der Waals surface area contributed by atoms with E-state index in [0.717, 1.165) is 22.3 Å². The van der Waals surface area contributed by atoms with Gasteiger partial charge in [-0.15, -0.1) is 10.2 Å². The van der Waals surface area contributed by atoms with Crippen LogP contribution >= 0.6 is 23.4 Å². The van der Waals surface area contributed by atoms with Crippen LogP contribution in [-0.2, 0) is 12.8 Å². The van der Waals surface area contributed by atoms with Crippen LogP contribution in [0.3, 0.4) is 0 Å². The minimum Gasteiger partial charge on any atom is -0.445 e. The van der Waals surface area contributed by atoms with E-state index in [0.29, 0.717) is 22.6 Å². The lowest BCUT2D eigenvalue weighted by Crippen LogP contribution is -1.95. The van der Waals surface area contributed by atoms with E-state index in [9.17, 15) is 0 Å². The first-order valence-electron chi connectivity index (χ1n) is 7.28. The molecule has 0 saturated carbocycles. The molecule has 5 nitrogen and oxygen atoms in total. The summed E-state index contributed by atoms with van der Waals surface area (Å²) < 4.78 is 7.64. The van der Waals surface area contributed by atoms with Crippen molar-refractivity contribution < 1.29 is 4.42 Å². The van der Waals surface area contributed by atoms with Gasteiger partial charge in [-0.2, -0.15) is 0 Å². The molecule has 0 amide bonds. The van der Waals surface area contributed by atoms with Crippen molar-refractivity contribution in [2.45, 2.75) is 30.7 Å². The Hall–Kier alpha value is -1.79. The van der Waals surface area contributed by atoms with Crippen molar-refractivity contribution in [1.82, 2.24) is 19.7 Å². The third-order valence-electron chi connectivity index (χ3n) is 3.41. The molecule has 1 aromatic carbocycles. The van der Waals surface area contributed by atoms with Crippen molar-refractivity contribution in [1.29, 1.82) is 0 Å². The molecule has 0 radical (unpaired) electrons. The smallest absolute Gasteiger partial charge is 0.204 e. The van der Waals surface area contributed by atoms with Crippen LogP contribution in [-0.4, -0.2) is 19.7 Å². The Morgan fingerprint density at radius 1 is 1.26 bits per heavy atom. The minimum absolute atomic E-state index is 0.336. The second kappa shape index (κ2) is 6.76. The maximum atomic E-state index is 6.23. The number of nitrogens with zero attached hydrogens (tertiary/aromatic N) is 4. The summed E-state index contributed by atoms with van der Waals surface area (Å²) in [6.07, 6.45) is 1.78. The summed E-state index contributed by atoms with van der Waals surface area (Å²) in [4.78, 5) is 4.30. The number of benzene rings is 1. The highest BCUT2D eigenvalue weighted by Gasteiger charge is 2.15. The SMILES string of the molecule is CC(C)c1cnc(CSc2nnc(-c3ccccc3Cl)n2C)o1. The van der Waals surface area contributed by atoms with Gasteiger partial charge in [-0.1, -0.05) is 49.3 Å². The number of thioether (sulfide) groups is 1. The van der Waals surface area contributed by atoms with Crippen LogP contribution in [0.2, 0.25) is 5.02 Å². The molecule has 0 atom stereocenters. The van der Waals surface area contributed by atoms with Crippen molar-refractivity contribution in [3.63, 3.8) is 0 Å². The molecule has 0 fully saturated rings. The van der Waals surface area contributed by atoms with Crippen LogP contribution in [0.4, 0.5) is 0 Å². The van der Waals surface area contributed by atoms with Gasteiger partial charge in [-0.05, 0) is 12.1 Å². The molecular weight excluding hydrogens is 332 g/mol. The lowest BCUT2D eigenvalue weighted by Gasteiger charge is -2.04. The van der Waals surface area contributed by atoms with Crippen LogP contribution < -0.4 is 0 Å². The van der Waals surface area contributed by atoms with Crippen LogP contribution in [0, 0.1) is 0 Å². The monoisotopic (exact) mass is 348 g/mol. The van der Waals surface area contributed by atoms with Gasteiger partial charge in [0.15, 0.2) is 11.0 Å². The molecule has 0 unspecified atom stereocenters. The van der Waals surface area contributed by atoms with Gasteiger partial charge in [0.2, 0.25) is 5.89 Å². The Morgan fingerprint density at radius 2 is 2.04 bits per heavy atom. The highest BCUT2D eigenvalue weighted by atomic mass is 35.5. The molecule has 3 rings (SSSR count). The van der Waals surface area contributed by atoms with Gasteiger partial charge in [-0.25, -0.2) is 4.98 Å². The van der Waals surface area contributed by atoms with Crippen molar-refractivity contribution >= 4 is 23.4 Å². The number of halogens is 1. The number of rotatable bonds is 5. The first-order valence-corrected chi connectivity index (χ1v) is 8.64. The summed E-state index contributed by atoms with van der Waals surface area (Å²) in [5, 5.41) is 9.94. The van der Waals surface area contributed by atoms with Gasteiger partial charge < -0.3 is 8.98 Å². The highest BCUT2D eigenvalue weighted by molar-refractivity contribution is 7.98. The van der Waals surface area contributed by atoms with E-state index in [-0.39, 0.29) is 0 Å². The number of aromatic nitrogens is 4. The summed E-state index contributed by atoms with van der Waals surface area (Å²) in [5.74, 6) is 3.29. The Kier molecular flexibility index (Phi) is 4.73. The Morgan fingerprint density at radius 3 is 2.74 bits per heavy atom. The van der Waals surface area contributed by atoms with Gasteiger partial charge in [0, 0.05) is 18.5 Å². The minimum atomic E-state index is 0.336. The zero-order valence-corrected chi connectivity index (χ0v) is 14.7. The Balaban J connectivity index is 1.76. The molecule has 0 aliphatic rings. The van der Waals surface area contributed by atoms with Crippen LogP contribution in [0.1, 0.15) is 31.4 Å². The molecule has 0 saturated heterocycles. The summed E-state index contributed by atoms with van der Waals surface area (Å²) in [5.41, 5.74) is 0.870. The van der Waals surface area contributed by atoms with Gasteiger partial charge in [0.05, 0.1) is 17.0 Å². The first-order chi connectivity index (χ1) is 11.1. The largest absolute Gasteiger partial charge is 0.445 e. The van der Waals surface area contributed by atoms with E-state index in [1.165, 1.54) is 11.8 Å². The summed E-state index contributed by atoms with van der Waals surface area (Å²) in [6.45, 7) is 4.16. The predicted molar refractivity (Wildman–Crippen MR) is 91.6 cm³/mol. The fourth-order valence-electron chi connectivity index (χ4n) is 2.10. The van der Waals surface area contributed by atoms with E-state index in [1.807, 2.05) is 35.9 Å². The Bertz CT molecular complexity index is 812. The summed E-state index contributed by atoms with van der Waals surface area (Å²) >= 11 is 7.77. The standard InChI is InChI=1S/C16H17ClN4OS/c1-10(2)13-8-18-14(22-13)9-23-16-20-19-15(21(16)3)11-6-4-5-7-12(11)17/h4-8,10H,9H2,1-3H3. The molecule has 0 spiro atoms. The van der Waals surface area contributed by atoms with Crippen LogP contribution in [0.5, 0.6) is 0 Å². The molecule has 2 heterocycles. The van der Waals surface area contributed by atoms with Crippen molar-refractivity contribution in [3.8, 4) is 11.4 Å². The molecule has 7 heteroatoms. The van der Waals surface area contributed by atoms with Gasteiger partial charge in [0.1, 0.15) is 5.76 Å². The quantitative estimate of drug-likeness (QED) is 0.633. The third-order valence-corrected chi connectivity index (χ3v) is 4.75. The summed E-state index contributed by atoms with van der Waals surface area (Å²) in [6, 6.07) is 7.61. The molecular formula is C16H17ClN4OS. The maximum Gasteiger partial charge on any atom is 0.204 e. The molecule has 2 aromatic heterocycles. The van der Waals surface area contributed by atoms with E-state index < -0.39 is 0 Å². The Labute approximate surface area is 144 Å². The van der Waals surface area contributed by atoms with Gasteiger partial charge in [-0.3, -0.25) is 0 Å². The zero-order chi connectivity index (χ0) is 16.4. The number of hydrogen-bond donors (Lipinski definition) is 0. The van der Waals surface area contributed by atoms with Crippen molar-refractivity contribution in [2.75, 3.05) is 0 Å². The molecule has 0 bridgehead atoms. The van der Waals surface area contributed by atoms with Crippen LogP contribution in [0.15, 0.2) is 40.0 Å². The molecule has 23 heavy (non-hydrogen) atoms. The second-order valence-corrected chi connectivity index (χ2v) is 6.79. The molecule has 0 aliphatic carbocycles. The van der Waals surface area contributed by atoms with E-state index in [2.05, 4.69) is 29.0 Å². The highest BCUT2D eigenvalue weighted by Crippen LogP contribution is 2.29.